The number of anilines is 1. The van der Waals surface area contributed by atoms with Crippen molar-refractivity contribution in [1.82, 2.24) is 0 Å². The fourth-order valence-electron chi connectivity index (χ4n) is 4.66. The van der Waals surface area contributed by atoms with Crippen LogP contribution in [0.1, 0.15) is 80.0 Å². The van der Waals surface area contributed by atoms with E-state index in [-0.39, 0.29) is 11.9 Å². The van der Waals surface area contributed by atoms with Crippen LogP contribution in [-0.4, -0.2) is 30.7 Å². The number of carbonyl (C=O) groups is 2. The first-order valence-electron chi connectivity index (χ1n) is 13.1. The molecular formula is C30H39NO3Sn. The monoisotopic (exact) mass is 581 g/mol. The molecule has 1 N–H and O–H groups in total. The zero-order chi connectivity index (χ0) is 25.1. The van der Waals surface area contributed by atoms with Gasteiger partial charge in [0, 0.05) is 0 Å². The molecule has 0 bridgehead atoms. The van der Waals surface area contributed by atoms with Gasteiger partial charge in [0.05, 0.1) is 0 Å². The summed E-state index contributed by atoms with van der Waals surface area (Å²) in [5.74, 6) is -0.599. The fraction of sp³-hybridized carbons (Fsp3) is 0.400. The van der Waals surface area contributed by atoms with Crippen molar-refractivity contribution < 1.29 is 12.7 Å². The third kappa shape index (κ3) is 7.33. The number of rotatable bonds is 13. The summed E-state index contributed by atoms with van der Waals surface area (Å²) < 4.78 is 9.74. The third-order valence-corrected chi connectivity index (χ3v) is 19.3. The van der Waals surface area contributed by atoms with Crippen LogP contribution in [0.3, 0.4) is 0 Å². The summed E-state index contributed by atoms with van der Waals surface area (Å²) in [5.41, 5.74) is 1.47. The Morgan fingerprint density at radius 1 is 0.714 bits per heavy atom. The van der Waals surface area contributed by atoms with Crippen molar-refractivity contribution in [1.29, 1.82) is 0 Å². The summed E-state index contributed by atoms with van der Waals surface area (Å²) in [4.78, 5) is 27.0. The Morgan fingerprint density at radius 3 is 1.89 bits per heavy atom. The number of nitrogens with one attached hydrogen (secondary N) is 1. The van der Waals surface area contributed by atoms with Crippen LogP contribution in [0.2, 0.25) is 13.3 Å². The van der Waals surface area contributed by atoms with Gasteiger partial charge in [0.25, 0.3) is 0 Å². The van der Waals surface area contributed by atoms with Crippen molar-refractivity contribution in [3.63, 3.8) is 0 Å². The molecule has 3 aromatic rings. The van der Waals surface area contributed by atoms with E-state index in [1.807, 2.05) is 48.5 Å². The van der Waals surface area contributed by atoms with Gasteiger partial charge in [0.1, 0.15) is 0 Å². The number of hydrogen-bond donors (Lipinski definition) is 1. The second-order valence-corrected chi connectivity index (χ2v) is 21.0. The van der Waals surface area contributed by atoms with Crippen LogP contribution >= 0.6 is 0 Å². The van der Waals surface area contributed by atoms with E-state index in [0.29, 0.717) is 11.1 Å². The van der Waals surface area contributed by atoms with Crippen LogP contribution in [0.15, 0.2) is 66.7 Å². The number of amides is 1. The molecule has 3 rings (SSSR count). The zero-order valence-corrected chi connectivity index (χ0v) is 24.3. The predicted molar refractivity (Wildman–Crippen MR) is 149 cm³/mol. The summed E-state index contributed by atoms with van der Waals surface area (Å²) in [6, 6.07) is 20.9. The Balaban J connectivity index is 1.87. The first-order chi connectivity index (χ1) is 17.0. The summed E-state index contributed by atoms with van der Waals surface area (Å²) in [6.07, 6.45) is 6.66. The van der Waals surface area contributed by atoms with Crippen molar-refractivity contribution >= 4 is 47.1 Å². The number of unbranched alkanes of at least 4 members (excludes halogenated alkanes) is 3. The van der Waals surface area contributed by atoms with E-state index >= 15 is 0 Å². The number of benzene rings is 3. The maximum absolute atomic E-state index is 13.6. The third-order valence-electron chi connectivity index (χ3n) is 6.70. The molecule has 35 heavy (non-hydrogen) atoms. The van der Waals surface area contributed by atoms with Crippen LogP contribution in [0.5, 0.6) is 0 Å². The topological polar surface area (TPSA) is 55.4 Å². The SMILES string of the molecule is CCC[CH2][Sn]([CH2]CCC)([CH2]CCC)[O]C(=O)c1ccccc1C(=O)Nc1cccc2ccccc12. The van der Waals surface area contributed by atoms with Gasteiger partial charge in [-0.2, -0.15) is 0 Å². The number of fused-ring (bicyclic) bond motifs is 1. The number of hydrogen-bond acceptors (Lipinski definition) is 3. The molecule has 0 unspecified atom stereocenters. The van der Waals surface area contributed by atoms with E-state index in [1.165, 1.54) is 0 Å². The van der Waals surface area contributed by atoms with Gasteiger partial charge in [-0.15, -0.1) is 0 Å². The van der Waals surface area contributed by atoms with Gasteiger partial charge in [0.15, 0.2) is 0 Å². The van der Waals surface area contributed by atoms with Crippen LogP contribution in [0.25, 0.3) is 10.8 Å². The quantitative estimate of drug-likeness (QED) is 0.206. The molecule has 186 valence electrons. The minimum absolute atomic E-state index is 0.287. The van der Waals surface area contributed by atoms with Crippen molar-refractivity contribution in [2.45, 2.75) is 72.6 Å². The summed E-state index contributed by atoms with van der Waals surface area (Å²) in [5, 5.41) is 5.06. The molecule has 4 nitrogen and oxygen atoms in total. The maximum atomic E-state index is 13.6. The Kier molecular flexibility index (Phi) is 10.6. The Bertz CT molecular complexity index is 1100. The molecule has 0 radical (unpaired) electrons. The normalized spacial score (nSPS) is 11.4. The molecule has 0 atom stereocenters. The second kappa shape index (κ2) is 13.7. The molecule has 0 aromatic heterocycles. The summed E-state index contributed by atoms with van der Waals surface area (Å²) in [6.45, 7) is 6.60. The Morgan fingerprint density at radius 2 is 1.26 bits per heavy atom. The van der Waals surface area contributed by atoms with Crippen LogP contribution in [-0.2, 0) is 3.07 Å². The first-order valence-corrected chi connectivity index (χ1v) is 20.4. The van der Waals surface area contributed by atoms with E-state index in [9.17, 15) is 9.59 Å². The Hall–Kier alpha value is -2.34. The standard InChI is InChI=1S/C18H13NO3.3C4H9.Sn/c20-17(14-9-3-4-10-15(14)18(21)22)19-16-11-5-7-12-6-1-2-8-13(12)16;3*1-3-4-2;/h1-11H,(H,19,20)(H,21,22);3*1,3-4H2,2H3;/q;;;;+1/p-1. The summed E-state index contributed by atoms with van der Waals surface area (Å²) >= 11 is -3.16. The van der Waals surface area contributed by atoms with Gasteiger partial charge in [-0.25, -0.2) is 0 Å². The van der Waals surface area contributed by atoms with Crippen molar-refractivity contribution in [2.24, 2.45) is 0 Å². The molecule has 5 heteroatoms. The van der Waals surface area contributed by atoms with Crippen LogP contribution in [0, 0.1) is 0 Å². The first kappa shape index (κ1) is 27.2. The second-order valence-electron chi connectivity index (χ2n) is 9.41. The van der Waals surface area contributed by atoms with E-state index in [0.717, 1.165) is 68.3 Å². The van der Waals surface area contributed by atoms with E-state index in [4.69, 9.17) is 3.07 Å². The molecule has 0 saturated heterocycles. The molecule has 0 spiro atoms. The van der Waals surface area contributed by atoms with Gasteiger partial charge in [-0.1, -0.05) is 0 Å². The van der Waals surface area contributed by atoms with Crippen molar-refractivity contribution in [2.75, 3.05) is 5.32 Å². The van der Waals surface area contributed by atoms with E-state index in [2.05, 4.69) is 26.1 Å². The molecule has 0 fully saturated rings. The van der Waals surface area contributed by atoms with Gasteiger partial charge in [0.2, 0.25) is 0 Å². The van der Waals surface area contributed by atoms with Gasteiger partial charge in [-0.05, 0) is 0 Å². The molecule has 0 aliphatic heterocycles. The van der Waals surface area contributed by atoms with Gasteiger partial charge in [-0.3, -0.25) is 0 Å². The predicted octanol–water partition coefficient (Wildman–Crippen LogP) is 8.59. The van der Waals surface area contributed by atoms with Crippen LogP contribution in [0.4, 0.5) is 5.69 Å². The average Bonchev–Trinajstić information content (AvgIpc) is 2.89. The average molecular weight is 580 g/mol. The molecule has 0 saturated carbocycles. The molecule has 0 aliphatic carbocycles. The van der Waals surface area contributed by atoms with Gasteiger partial charge >= 0.3 is 216 Å². The van der Waals surface area contributed by atoms with Crippen LogP contribution < -0.4 is 5.32 Å². The molecular weight excluding hydrogens is 541 g/mol. The van der Waals surface area contributed by atoms with Gasteiger partial charge < -0.3 is 0 Å². The molecule has 0 aliphatic rings. The molecule has 0 heterocycles. The van der Waals surface area contributed by atoms with Crippen molar-refractivity contribution in [3.8, 4) is 0 Å². The summed E-state index contributed by atoms with van der Waals surface area (Å²) in [7, 11) is 0. The minimum atomic E-state index is -3.16. The van der Waals surface area contributed by atoms with E-state index in [1.54, 1.807) is 18.2 Å². The molecule has 1 amide bonds. The van der Waals surface area contributed by atoms with E-state index < -0.39 is 18.8 Å². The number of carbonyl (C=O) groups excluding carboxylic acids is 2. The van der Waals surface area contributed by atoms with Crippen molar-refractivity contribution in [3.05, 3.63) is 77.9 Å². The fourth-order valence-corrected chi connectivity index (χ4v) is 17.7. The zero-order valence-electron chi connectivity index (χ0n) is 21.4. The Labute approximate surface area is 214 Å². The molecule has 3 aromatic carbocycles.